The highest BCUT2D eigenvalue weighted by Gasteiger charge is 2.14. The van der Waals surface area contributed by atoms with Gasteiger partial charge in [-0.15, -0.1) is 0 Å². The Bertz CT molecular complexity index is 581. The largest absolute Gasteiger partial charge is 0.364 e. The molecule has 0 aliphatic rings. The molecule has 0 fully saturated rings. The lowest BCUT2D eigenvalue weighted by Crippen LogP contribution is -2.17. The van der Waals surface area contributed by atoms with E-state index in [4.69, 9.17) is 5.73 Å². The number of benzene rings is 1. The normalized spacial score (nSPS) is 10.5. The van der Waals surface area contributed by atoms with Gasteiger partial charge in [-0.1, -0.05) is 32.0 Å². The molecule has 1 amide bonds. The van der Waals surface area contributed by atoms with E-state index in [0.717, 1.165) is 5.69 Å². The van der Waals surface area contributed by atoms with E-state index in [0.29, 0.717) is 11.5 Å². The number of para-hydroxylation sites is 1. The molecule has 0 saturated carbocycles. The Morgan fingerprint density at radius 1 is 1.26 bits per heavy atom. The summed E-state index contributed by atoms with van der Waals surface area (Å²) in [5.41, 5.74) is 6.95. The summed E-state index contributed by atoms with van der Waals surface area (Å²) in [4.78, 5) is 19.9. The van der Waals surface area contributed by atoms with Crippen molar-refractivity contribution in [2.24, 2.45) is 5.73 Å². The summed E-state index contributed by atoms with van der Waals surface area (Å²) in [6.07, 6.45) is 1.59. The summed E-state index contributed by atoms with van der Waals surface area (Å²) in [6.45, 7) is 3.93. The molecular formula is C14H16N4O. The van der Waals surface area contributed by atoms with Crippen LogP contribution in [0.1, 0.15) is 36.1 Å². The van der Waals surface area contributed by atoms with E-state index in [-0.39, 0.29) is 11.6 Å². The van der Waals surface area contributed by atoms with Gasteiger partial charge in [0.2, 0.25) is 0 Å². The van der Waals surface area contributed by atoms with Gasteiger partial charge in [0, 0.05) is 11.6 Å². The fraction of sp³-hybridized carbons (Fsp3) is 0.214. The van der Waals surface area contributed by atoms with E-state index in [9.17, 15) is 4.79 Å². The molecule has 2 aromatic rings. The summed E-state index contributed by atoms with van der Waals surface area (Å²) in [5.74, 6) is 0.180. The standard InChI is InChI=1S/C14H16N4O/c1-9(2)14-16-8-11(12(18-14)13(15)19)17-10-6-4-3-5-7-10/h3-9,17H,1-2H3,(H2,15,19). The molecule has 5 heteroatoms. The van der Waals surface area contributed by atoms with Gasteiger partial charge in [0.05, 0.1) is 11.9 Å². The van der Waals surface area contributed by atoms with Crippen molar-refractivity contribution in [2.75, 3.05) is 5.32 Å². The number of amides is 1. The van der Waals surface area contributed by atoms with Gasteiger partial charge in [-0.25, -0.2) is 9.97 Å². The molecule has 5 nitrogen and oxygen atoms in total. The van der Waals surface area contributed by atoms with Gasteiger partial charge in [-0.3, -0.25) is 4.79 Å². The van der Waals surface area contributed by atoms with Gasteiger partial charge >= 0.3 is 0 Å². The third kappa shape index (κ3) is 3.07. The molecule has 0 atom stereocenters. The summed E-state index contributed by atoms with van der Waals surface area (Å²) in [5, 5.41) is 3.09. The second kappa shape index (κ2) is 5.48. The smallest absolute Gasteiger partial charge is 0.269 e. The van der Waals surface area contributed by atoms with Crippen LogP contribution in [0.15, 0.2) is 36.5 Å². The number of hydrogen-bond acceptors (Lipinski definition) is 4. The van der Waals surface area contributed by atoms with Crippen LogP contribution in [0.3, 0.4) is 0 Å². The Kier molecular flexibility index (Phi) is 3.75. The van der Waals surface area contributed by atoms with E-state index in [2.05, 4.69) is 15.3 Å². The molecule has 3 N–H and O–H groups in total. The number of nitrogens with two attached hydrogens (primary N) is 1. The molecule has 0 aliphatic heterocycles. The Balaban J connectivity index is 2.37. The summed E-state index contributed by atoms with van der Waals surface area (Å²) >= 11 is 0. The lowest BCUT2D eigenvalue weighted by atomic mass is 10.2. The average Bonchev–Trinajstić information content (AvgIpc) is 2.39. The van der Waals surface area contributed by atoms with Crippen LogP contribution in [0.25, 0.3) is 0 Å². The highest BCUT2D eigenvalue weighted by molar-refractivity contribution is 5.97. The zero-order valence-electron chi connectivity index (χ0n) is 10.9. The Hall–Kier alpha value is -2.43. The predicted molar refractivity (Wildman–Crippen MR) is 74.4 cm³/mol. The third-order valence-corrected chi connectivity index (χ3v) is 2.61. The fourth-order valence-electron chi connectivity index (χ4n) is 1.63. The van der Waals surface area contributed by atoms with Crippen LogP contribution in [0.5, 0.6) is 0 Å². The maximum atomic E-state index is 11.5. The summed E-state index contributed by atoms with van der Waals surface area (Å²) < 4.78 is 0. The molecule has 1 aromatic carbocycles. The van der Waals surface area contributed by atoms with Crippen molar-refractivity contribution in [1.29, 1.82) is 0 Å². The number of carbonyl (C=O) groups is 1. The molecular weight excluding hydrogens is 240 g/mol. The number of hydrogen-bond donors (Lipinski definition) is 2. The lowest BCUT2D eigenvalue weighted by Gasteiger charge is -2.11. The highest BCUT2D eigenvalue weighted by Crippen LogP contribution is 2.20. The first-order chi connectivity index (χ1) is 9.08. The van der Waals surface area contributed by atoms with E-state index < -0.39 is 5.91 Å². The van der Waals surface area contributed by atoms with Gasteiger partial charge in [0.1, 0.15) is 5.82 Å². The van der Waals surface area contributed by atoms with Gasteiger partial charge in [-0.2, -0.15) is 0 Å². The van der Waals surface area contributed by atoms with Crippen molar-refractivity contribution in [3.05, 3.63) is 48.0 Å². The van der Waals surface area contributed by atoms with E-state index >= 15 is 0 Å². The zero-order chi connectivity index (χ0) is 13.8. The number of carbonyl (C=O) groups excluding carboxylic acids is 1. The van der Waals surface area contributed by atoms with Crippen LogP contribution in [0, 0.1) is 0 Å². The molecule has 0 unspecified atom stereocenters. The topological polar surface area (TPSA) is 80.9 Å². The van der Waals surface area contributed by atoms with E-state index in [1.54, 1.807) is 6.20 Å². The maximum absolute atomic E-state index is 11.5. The predicted octanol–water partition coefficient (Wildman–Crippen LogP) is 2.44. The number of anilines is 2. The van der Waals surface area contributed by atoms with Crippen LogP contribution >= 0.6 is 0 Å². The second-order valence-electron chi connectivity index (χ2n) is 4.50. The SMILES string of the molecule is CC(C)c1ncc(Nc2ccccc2)c(C(N)=O)n1. The molecule has 0 spiro atoms. The molecule has 98 valence electrons. The molecule has 1 aromatic heterocycles. The van der Waals surface area contributed by atoms with Gasteiger partial charge < -0.3 is 11.1 Å². The first kappa shape index (κ1) is 13.0. The monoisotopic (exact) mass is 256 g/mol. The Morgan fingerprint density at radius 2 is 1.95 bits per heavy atom. The molecule has 1 heterocycles. The summed E-state index contributed by atoms with van der Waals surface area (Å²) in [7, 11) is 0. The van der Waals surface area contributed by atoms with Crippen LogP contribution in [0.2, 0.25) is 0 Å². The van der Waals surface area contributed by atoms with Crippen molar-refractivity contribution < 1.29 is 4.79 Å². The van der Waals surface area contributed by atoms with Gasteiger partial charge in [0.25, 0.3) is 5.91 Å². The van der Waals surface area contributed by atoms with Crippen molar-refractivity contribution in [1.82, 2.24) is 9.97 Å². The van der Waals surface area contributed by atoms with Crippen molar-refractivity contribution in [3.8, 4) is 0 Å². The number of nitrogens with zero attached hydrogens (tertiary/aromatic N) is 2. The minimum atomic E-state index is -0.567. The number of primary amides is 1. The first-order valence-corrected chi connectivity index (χ1v) is 6.06. The number of aromatic nitrogens is 2. The van der Waals surface area contributed by atoms with Crippen LogP contribution in [-0.2, 0) is 0 Å². The van der Waals surface area contributed by atoms with Crippen LogP contribution < -0.4 is 11.1 Å². The average molecular weight is 256 g/mol. The minimum Gasteiger partial charge on any atom is -0.364 e. The lowest BCUT2D eigenvalue weighted by molar-refractivity contribution is 0.0996. The van der Waals surface area contributed by atoms with Gasteiger partial charge in [0.15, 0.2) is 5.69 Å². The fourth-order valence-corrected chi connectivity index (χ4v) is 1.63. The molecule has 0 radical (unpaired) electrons. The molecule has 2 rings (SSSR count). The van der Waals surface area contributed by atoms with E-state index in [1.807, 2.05) is 44.2 Å². The van der Waals surface area contributed by atoms with Crippen molar-refractivity contribution in [2.45, 2.75) is 19.8 Å². The third-order valence-electron chi connectivity index (χ3n) is 2.61. The molecule has 19 heavy (non-hydrogen) atoms. The Labute approximate surface area is 111 Å². The first-order valence-electron chi connectivity index (χ1n) is 6.06. The van der Waals surface area contributed by atoms with Crippen LogP contribution in [-0.4, -0.2) is 15.9 Å². The maximum Gasteiger partial charge on any atom is 0.269 e. The highest BCUT2D eigenvalue weighted by atomic mass is 16.1. The van der Waals surface area contributed by atoms with Crippen LogP contribution in [0.4, 0.5) is 11.4 Å². The van der Waals surface area contributed by atoms with E-state index in [1.165, 1.54) is 0 Å². The molecule has 0 bridgehead atoms. The second-order valence-corrected chi connectivity index (χ2v) is 4.50. The van der Waals surface area contributed by atoms with Crippen molar-refractivity contribution >= 4 is 17.3 Å². The van der Waals surface area contributed by atoms with Gasteiger partial charge in [-0.05, 0) is 12.1 Å². The Morgan fingerprint density at radius 3 is 2.53 bits per heavy atom. The quantitative estimate of drug-likeness (QED) is 0.880. The zero-order valence-corrected chi connectivity index (χ0v) is 10.9. The van der Waals surface area contributed by atoms with Crippen molar-refractivity contribution in [3.63, 3.8) is 0 Å². The summed E-state index contributed by atoms with van der Waals surface area (Å²) in [6, 6.07) is 9.49. The number of rotatable bonds is 4. The molecule has 0 saturated heterocycles. The molecule has 0 aliphatic carbocycles. The minimum absolute atomic E-state index is 0.142. The number of nitrogens with one attached hydrogen (secondary N) is 1.